The van der Waals surface area contributed by atoms with E-state index in [1.165, 1.54) is 5.56 Å². The number of hydrogen-bond donors (Lipinski definition) is 2. The summed E-state index contributed by atoms with van der Waals surface area (Å²) >= 11 is 1.58. The van der Waals surface area contributed by atoms with E-state index in [4.69, 9.17) is 4.98 Å². The SMILES string of the molecule is CC(C)CCSc1nc2c(c(=O)[nH]1)C(c1ccc(C(C)C)cc1)C1=C(CC(C)(C)CC1=O)N2. The van der Waals surface area contributed by atoms with Crippen molar-refractivity contribution in [2.24, 2.45) is 11.3 Å². The maximum Gasteiger partial charge on any atom is 0.257 e. The molecule has 1 aromatic heterocycles. The van der Waals surface area contributed by atoms with Gasteiger partial charge in [-0.1, -0.05) is 77.6 Å². The zero-order chi connectivity index (χ0) is 23.9. The van der Waals surface area contributed by atoms with Crippen molar-refractivity contribution >= 4 is 23.4 Å². The Hall–Kier alpha value is -2.34. The number of nitrogens with zero attached hydrogens (tertiary/aromatic N) is 1. The number of aromatic amines is 1. The Kier molecular flexibility index (Phi) is 6.59. The van der Waals surface area contributed by atoms with Crippen LogP contribution in [0.5, 0.6) is 0 Å². The van der Waals surface area contributed by atoms with Gasteiger partial charge in [0.2, 0.25) is 0 Å². The molecule has 2 aromatic rings. The van der Waals surface area contributed by atoms with Gasteiger partial charge in [0, 0.05) is 29.4 Å². The van der Waals surface area contributed by atoms with E-state index in [9.17, 15) is 9.59 Å². The summed E-state index contributed by atoms with van der Waals surface area (Å²) in [5, 5.41) is 4.04. The highest BCUT2D eigenvalue weighted by Gasteiger charge is 2.42. The molecule has 0 bridgehead atoms. The van der Waals surface area contributed by atoms with Crippen molar-refractivity contribution in [3.8, 4) is 0 Å². The first-order valence-corrected chi connectivity index (χ1v) is 12.9. The van der Waals surface area contributed by atoms with Gasteiger partial charge >= 0.3 is 0 Å². The van der Waals surface area contributed by atoms with Crippen LogP contribution in [0.2, 0.25) is 0 Å². The Morgan fingerprint density at radius 3 is 2.42 bits per heavy atom. The molecular weight excluding hydrogens is 430 g/mol. The smallest absolute Gasteiger partial charge is 0.257 e. The second kappa shape index (κ2) is 9.13. The average Bonchev–Trinajstić information content (AvgIpc) is 2.71. The summed E-state index contributed by atoms with van der Waals surface area (Å²) in [7, 11) is 0. The van der Waals surface area contributed by atoms with Gasteiger partial charge in [0.05, 0.1) is 5.56 Å². The first-order chi connectivity index (χ1) is 15.6. The van der Waals surface area contributed by atoms with Crippen LogP contribution in [0.4, 0.5) is 5.82 Å². The summed E-state index contributed by atoms with van der Waals surface area (Å²) in [5.41, 5.74) is 4.11. The lowest BCUT2D eigenvalue weighted by Crippen LogP contribution is -2.37. The zero-order valence-corrected chi connectivity index (χ0v) is 21.4. The third-order valence-electron chi connectivity index (χ3n) is 6.57. The fourth-order valence-corrected chi connectivity index (χ4v) is 5.86. The van der Waals surface area contributed by atoms with Gasteiger partial charge in [0.15, 0.2) is 10.9 Å². The summed E-state index contributed by atoms with van der Waals surface area (Å²) in [6.07, 6.45) is 2.30. The molecular formula is C27H35N3O2S. The number of hydrogen-bond acceptors (Lipinski definition) is 5. The zero-order valence-electron chi connectivity index (χ0n) is 20.5. The molecule has 1 aromatic carbocycles. The van der Waals surface area contributed by atoms with Gasteiger partial charge in [-0.3, -0.25) is 9.59 Å². The molecule has 6 heteroatoms. The number of nitrogens with one attached hydrogen (secondary N) is 2. The highest BCUT2D eigenvalue weighted by Crippen LogP contribution is 2.47. The van der Waals surface area contributed by atoms with E-state index >= 15 is 0 Å². The van der Waals surface area contributed by atoms with E-state index in [0.29, 0.717) is 34.8 Å². The quantitative estimate of drug-likeness (QED) is 0.391. The standard InChI is InChI=1S/C27H35N3O2S/c1-15(2)11-12-33-26-29-24-23(25(32)30-26)21(18-9-7-17(8-10-18)16(3)4)22-19(28-24)13-27(5,6)14-20(22)31/h7-10,15-16,21H,11-14H2,1-6H3,(H2,28,29,30,32). The number of fused-ring (bicyclic) bond motifs is 1. The minimum absolute atomic E-state index is 0.118. The number of H-pyrrole nitrogens is 1. The lowest BCUT2D eigenvalue weighted by atomic mass is 9.69. The van der Waals surface area contributed by atoms with Crippen LogP contribution in [0, 0.1) is 11.3 Å². The number of rotatable bonds is 6. The molecule has 0 amide bonds. The predicted molar refractivity (Wildman–Crippen MR) is 136 cm³/mol. The second-order valence-corrected chi connectivity index (χ2v) is 12.0. The number of anilines is 1. The maximum atomic E-state index is 13.4. The van der Waals surface area contributed by atoms with Gasteiger partial charge in [-0.2, -0.15) is 0 Å². The van der Waals surface area contributed by atoms with E-state index in [1.807, 2.05) is 0 Å². The molecule has 0 saturated carbocycles. The van der Waals surface area contributed by atoms with Crippen molar-refractivity contribution in [3.05, 3.63) is 62.6 Å². The van der Waals surface area contributed by atoms with Gasteiger partial charge in [0.1, 0.15) is 5.82 Å². The molecule has 2 heterocycles. The summed E-state index contributed by atoms with van der Waals surface area (Å²) in [6.45, 7) is 12.9. The summed E-state index contributed by atoms with van der Waals surface area (Å²) in [5.74, 6) is 2.23. The fraction of sp³-hybridized carbons (Fsp3) is 0.519. The molecule has 0 fully saturated rings. The number of thioether (sulfide) groups is 1. The normalized spacial score (nSPS) is 19.5. The molecule has 33 heavy (non-hydrogen) atoms. The van der Waals surface area contributed by atoms with E-state index in [0.717, 1.165) is 35.4 Å². The number of allylic oxidation sites excluding steroid dienone is 2. The fourth-order valence-electron chi connectivity index (χ4n) is 4.76. The van der Waals surface area contributed by atoms with Gasteiger partial charge in [-0.15, -0.1) is 0 Å². The van der Waals surface area contributed by atoms with Crippen LogP contribution in [-0.4, -0.2) is 21.5 Å². The van der Waals surface area contributed by atoms with Crippen LogP contribution in [0.25, 0.3) is 0 Å². The number of carbonyl (C=O) groups excluding carboxylic acids is 1. The van der Waals surface area contributed by atoms with E-state index in [-0.39, 0.29) is 16.8 Å². The number of carbonyl (C=O) groups is 1. The minimum Gasteiger partial charge on any atom is -0.343 e. The molecule has 2 aliphatic rings. The molecule has 1 aliphatic heterocycles. The molecule has 176 valence electrons. The van der Waals surface area contributed by atoms with Crippen LogP contribution in [-0.2, 0) is 4.79 Å². The number of ketones is 1. The largest absolute Gasteiger partial charge is 0.343 e. The third kappa shape index (κ3) is 4.96. The van der Waals surface area contributed by atoms with Crippen molar-refractivity contribution in [3.63, 3.8) is 0 Å². The van der Waals surface area contributed by atoms with Crippen molar-refractivity contribution in [1.82, 2.24) is 9.97 Å². The average molecular weight is 466 g/mol. The molecule has 1 aliphatic carbocycles. The van der Waals surface area contributed by atoms with Gasteiger partial charge < -0.3 is 10.3 Å². The van der Waals surface area contributed by atoms with Crippen molar-refractivity contribution in [1.29, 1.82) is 0 Å². The first kappa shape index (κ1) is 23.8. The van der Waals surface area contributed by atoms with E-state index in [2.05, 4.69) is 76.1 Å². The first-order valence-electron chi connectivity index (χ1n) is 12.0. The Morgan fingerprint density at radius 1 is 1.09 bits per heavy atom. The van der Waals surface area contributed by atoms with Crippen molar-refractivity contribution in [2.75, 3.05) is 11.1 Å². The topological polar surface area (TPSA) is 74.8 Å². The molecule has 0 spiro atoms. The van der Waals surface area contributed by atoms with Crippen molar-refractivity contribution < 1.29 is 4.79 Å². The van der Waals surface area contributed by atoms with Crippen LogP contribution in [0.1, 0.15) is 89.3 Å². The lowest BCUT2D eigenvalue weighted by molar-refractivity contribution is -0.118. The Labute approximate surface area is 200 Å². The monoisotopic (exact) mass is 465 g/mol. The minimum atomic E-state index is -0.396. The van der Waals surface area contributed by atoms with Crippen LogP contribution < -0.4 is 10.9 Å². The summed E-state index contributed by atoms with van der Waals surface area (Å²) < 4.78 is 0. The van der Waals surface area contributed by atoms with E-state index in [1.54, 1.807) is 11.8 Å². The van der Waals surface area contributed by atoms with Crippen LogP contribution >= 0.6 is 11.8 Å². The molecule has 1 atom stereocenters. The predicted octanol–water partition coefficient (Wildman–Crippen LogP) is 6.23. The molecule has 0 saturated heterocycles. The Bertz CT molecular complexity index is 1140. The van der Waals surface area contributed by atoms with Crippen molar-refractivity contribution in [2.45, 2.75) is 77.8 Å². The molecule has 2 N–H and O–H groups in total. The highest BCUT2D eigenvalue weighted by atomic mass is 32.2. The summed E-state index contributed by atoms with van der Waals surface area (Å²) in [6, 6.07) is 8.35. The Balaban J connectivity index is 1.82. The highest BCUT2D eigenvalue weighted by molar-refractivity contribution is 7.99. The van der Waals surface area contributed by atoms with Gasteiger partial charge in [-0.25, -0.2) is 4.98 Å². The number of Topliss-reactive ketones (excluding diaryl/α,β-unsaturated/α-hetero) is 1. The van der Waals surface area contributed by atoms with E-state index < -0.39 is 5.92 Å². The van der Waals surface area contributed by atoms with Gasteiger partial charge in [-0.05, 0) is 41.2 Å². The molecule has 1 unspecified atom stereocenters. The molecule has 5 nitrogen and oxygen atoms in total. The summed E-state index contributed by atoms with van der Waals surface area (Å²) in [4.78, 5) is 34.5. The number of benzene rings is 1. The molecule has 0 radical (unpaired) electrons. The van der Waals surface area contributed by atoms with Crippen LogP contribution in [0.3, 0.4) is 0 Å². The number of aromatic nitrogens is 2. The Morgan fingerprint density at radius 2 is 1.79 bits per heavy atom. The van der Waals surface area contributed by atoms with Crippen LogP contribution in [0.15, 0.2) is 45.5 Å². The second-order valence-electron chi connectivity index (χ2n) is 10.9. The third-order valence-corrected chi connectivity index (χ3v) is 7.48. The molecule has 4 rings (SSSR count). The lowest BCUT2D eigenvalue weighted by Gasteiger charge is -2.38. The maximum absolute atomic E-state index is 13.4. The van der Waals surface area contributed by atoms with Gasteiger partial charge in [0.25, 0.3) is 5.56 Å².